The van der Waals surface area contributed by atoms with Crippen molar-refractivity contribution >= 4 is 16.9 Å². The number of aryl methyl sites for hydroxylation is 1. The van der Waals surface area contributed by atoms with E-state index in [0.29, 0.717) is 0 Å². The zero-order valence-electron chi connectivity index (χ0n) is 8.70. The van der Waals surface area contributed by atoms with E-state index in [1.165, 1.54) is 7.05 Å². The summed E-state index contributed by atoms with van der Waals surface area (Å²) in [6, 6.07) is 1.68. The van der Waals surface area contributed by atoms with Crippen molar-refractivity contribution in [1.82, 2.24) is 4.57 Å². The van der Waals surface area contributed by atoms with E-state index in [1.54, 1.807) is 0 Å². The van der Waals surface area contributed by atoms with E-state index < -0.39 is 34.0 Å². The molecule has 0 spiro atoms. The molecule has 0 atom stereocenters. The molecule has 0 radical (unpaired) electrons. The predicted octanol–water partition coefficient (Wildman–Crippen LogP) is 1.51. The Kier molecular flexibility index (Phi) is 2.42. The summed E-state index contributed by atoms with van der Waals surface area (Å²) in [7, 11) is 1.34. The van der Waals surface area contributed by atoms with Crippen LogP contribution in [0.4, 0.5) is 8.78 Å². The van der Waals surface area contributed by atoms with Gasteiger partial charge in [0.25, 0.3) is 0 Å². The zero-order chi connectivity index (χ0) is 12.7. The lowest BCUT2D eigenvalue weighted by Gasteiger charge is -2.08. The molecule has 0 saturated heterocycles. The van der Waals surface area contributed by atoms with E-state index in [2.05, 4.69) is 0 Å². The number of rotatable bonds is 1. The highest BCUT2D eigenvalue weighted by atomic mass is 19.1. The number of nitrogens with zero attached hydrogens (tertiary/aromatic N) is 1. The Hall–Kier alpha value is -2.24. The standard InChI is InChI=1S/C11H7F2NO3/c1-14-4-5(11(16)17)10(15)8-6(12)2-3-7(13)9(8)14/h2-4H,1H3,(H,16,17). The molecular weight excluding hydrogens is 232 g/mol. The number of hydrogen-bond acceptors (Lipinski definition) is 2. The maximum Gasteiger partial charge on any atom is 0.341 e. The SMILES string of the molecule is Cn1cc(C(=O)O)c(=O)c2c(F)ccc(F)c21. The Bertz CT molecular complexity index is 691. The molecular formula is C11H7F2NO3. The normalized spacial score (nSPS) is 10.8. The average molecular weight is 239 g/mol. The van der Waals surface area contributed by atoms with Crippen LogP contribution in [0.5, 0.6) is 0 Å². The first-order valence-electron chi connectivity index (χ1n) is 4.64. The highest BCUT2D eigenvalue weighted by Gasteiger charge is 2.18. The number of benzene rings is 1. The Morgan fingerprint density at radius 3 is 2.47 bits per heavy atom. The van der Waals surface area contributed by atoms with Crippen LogP contribution in [0.2, 0.25) is 0 Å². The molecule has 1 aromatic carbocycles. The summed E-state index contributed by atoms with van der Waals surface area (Å²) in [5.74, 6) is -3.20. The smallest absolute Gasteiger partial charge is 0.341 e. The number of aromatic nitrogens is 1. The van der Waals surface area contributed by atoms with Crippen LogP contribution in [-0.2, 0) is 7.05 Å². The average Bonchev–Trinajstić information content (AvgIpc) is 2.26. The number of carbonyl (C=O) groups is 1. The summed E-state index contributed by atoms with van der Waals surface area (Å²) in [5, 5.41) is 8.23. The molecule has 6 heteroatoms. The third-order valence-corrected chi connectivity index (χ3v) is 2.46. The van der Waals surface area contributed by atoms with Gasteiger partial charge in [0.1, 0.15) is 17.2 Å². The highest BCUT2D eigenvalue weighted by molar-refractivity contribution is 5.92. The van der Waals surface area contributed by atoms with E-state index in [1.807, 2.05) is 0 Å². The summed E-state index contributed by atoms with van der Waals surface area (Å²) in [6.45, 7) is 0. The van der Waals surface area contributed by atoms with Crippen molar-refractivity contribution in [2.24, 2.45) is 7.05 Å². The van der Waals surface area contributed by atoms with E-state index in [0.717, 1.165) is 22.9 Å². The Labute approximate surface area is 93.7 Å². The van der Waals surface area contributed by atoms with Crippen molar-refractivity contribution in [3.63, 3.8) is 0 Å². The van der Waals surface area contributed by atoms with E-state index in [4.69, 9.17) is 5.11 Å². The molecule has 1 heterocycles. The first kappa shape index (κ1) is 11.3. The van der Waals surface area contributed by atoms with Crippen LogP contribution in [0.25, 0.3) is 10.9 Å². The second kappa shape index (κ2) is 3.65. The monoisotopic (exact) mass is 239 g/mol. The van der Waals surface area contributed by atoms with Gasteiger partial charge in [-0.25, -0.2) is 13.6 Å². The maximum atomic E-state index is 13.5. The molecule has 1 aromatic heterocycles. The van der Waals surface area contributed by atoms with E-state index in [-0.39, 0.29) is 5.52 Å². The summed E-state index contributed by atoms with van der Waals surface area (Å²) in [6.07, 6.45) is 0.968. The van der Waals surface area contributed by atoms with Crippen LogP contribution < -0.4 is 5.43 Å². The fourth-order valence-electron chi connectivity index (χ4n) is 1.71. The van der Waals surface area contributed by atoms with Gasteiger partial charge in [-0.2, -0.15) is 0 Å². The van der Waals surface area contributed by atoms with Gasteiger partial charge in [0.15, 0.2) is 0 Å². The van der Waals surface area contributed by atoms with Gasteiger partial charge in [0.2, 0.25) is 5.43 Å². The molecule has 2 aromatic rings. The van der Waals surface area contributed by atoms with Crippen LogP contribution >= 0.6 is 0 Å². The molecule has 0 fully saturated rings. The first-order valence-corrected chi connectivity index (χ1v) is 4.64. The molecule has 0 unspecified atom stereocenters. The van der Waals surface area contributed by atoms with Crippen molar-refractivity contribution in [3.05, 3.63) is 45.8 Å². The number of pyridine rings is 1. The summed E-state index contributed by atoms with van der Waals surface area (Å²) in [5.41, 5.74) is -1.87. The topological polar surface area (TPSA) is 59.3 Å². The molecule has 2 rings (SSSR count). The summed E-state index contributed by atoms with van der Waals surface area (Å²) >= 11 is 0. The molecule has 0 bridgehead atoms. The third kappa shape index (κ3) is 1.57. The molecule has 17 heavy (non-hydrogen) atoms. The van der Waals surface area contributed by atoms with Gasteiger partial charge in [-0.1, -0.05) is 0 Å². The number of hydrogen-bond donors (Lipinski definition) is 1. The van der Waals surface area contributed by atoms with E-state index in [9.17, 15) is 18.4 Å². The molecule has 0 aliphatic heterocycles. The molecule has 1 N–H and O–H groups in total. The Balaban J connectivity index is 3.10. The quantitative estimate of drug-likeness (QED) is 0.820. The highest BCUT2D eigenvalue weighted by Crippen LogP contribution is 2.18. The largest absolute Gasteiger partial charge is 0.477 e. The molecule has 0 aliphatic carbocycles. The first-order chi connectivity index (χ1) is 7.93. The van der Waals surface area contributed by atoms with Gasteiger partial charge in [-0.3, -0.25) is 4.79 Å². The molecule has 0 saturated carbocycles. The molecule has 0 amide bonds. The lowest BCUT2D eigenvalue weighted by atomic mass is 10.1. The minimum absolute atomic E-state index is 0.250. The molecule has 4 nitrogen and oxygen atoms in total. The van der Waals surface area contributed by atoms with Crippen molar-refractivity contribution < 1.29 is 18.7 Å². The van der Waals surface area contributed by atoms with Gasteiger partial charge in [-0.05, 0) is 12.1 Å². The summed E-state index contributed by atoms with van der Waals surface area (Å²) in [4.78, 5) is 22.5. The predicted molar refractivity (Wildman–Crippen MR) is 56.1 cm³/mol. The number of aromatic carboxylic acids is 1. The van der Waals surface area contributed by atoms with Gasteiger partial charge in [-0.15, -0.1) is 0 Å². The molecule has 88 valence electrons. The van der Waals surface area contributed by atoms with E-state index >= 15 is 0 Å². The second-order valence-corrected chi connectivity index (χ2v) is 3.54. The Morgan fingerprint density at radius 2 is 1.88 bits per heavy atom. The van der Waals surface area contributed by atoms with Gasteiger partial charge < -0.3 is 9.67 Å². The van der Waals surface area contributed by atoms with Crippen molar-refractivity contribution in [3.8, 4) is 0 Å². The number of halogens is 2. The number of fused-ring (bicyclic) bond motifs is 1. The van der Waals surface area contributed by atoms with Crippen LogP contribution in [0.3, 0.4) is 0 Å². The summed E-state index contributed by atoms with van der Waals surface area (Å²) < 4.78 is 28.0. The lowest BCUT2D eigenvalue weighted by molar-refractivity contribution is 0.0695. The Morgan fingerprint density at radius 1 is 1.29 bits per heavy atom. The third-order valence-electron chi connectivity index (χ3n) is 2.46. The second-order valence-electron chi connectivity index (χ2n) is 3.54. The fraction of sp³-hybridized carbons (Fsp3) is 0.0909. The van der Waals surface area contributed by atoms with Crippen LogP contribution in [0.15, 0.2) is 23.1 Å². The lowest BCUT2D eigenvalue weighted by Crippen LogP contribution is -2.19. The fourth-order valence-corrected chi connectivity index (χ4v) is 1.71. The van der Waals surface area contributed by atoms with Crippen LogP contribution in [0, 0.1) is 11.6 Å². The van der Waals surface area contributed by atoms with Crippen molar-refractivity contribution in [2.45, 2.75) is 0 Å². The van der Waals surface area contributed by atoms with Crippen LogP contribution in [-0.4, -0.2) is 15.6 Å². The minimum Gasteiger partial charge on any atom is -0.477 e. The zero-order valence-corrected chi connectivity index (χ0v) is 8.70. The van der Waals surface area contributed by atoms with Crippen molar-refractivity contribution in [1.29, 1.82) is 0 Å². The van der Waals surface area contributed by atoms with Crippen LogP contribution in [0.1, 0.15) is 10.4 Å². The minimum atomic E-state index is -1.48. The van der Waals surface area contributed by atoms with Gasteiger partial charge >= 0.3 is 5.97 Å². The molecule has 0 aliphatic rings. The maximum absolute atomic E-state index is 13.5. The van der Waals surface area contributed by atoms with Gasteiger partial charge in [0.05, 0.1) is 10.9 Å². The number of carboxylic acids is 1. The van der Waals surface area contributed by atoms with Gasteiger partial charge in [0, 0.05) is 13.2 Å². The number of carboxylic acid groups (broad SMARTS) is 1. The van der Waals surface area contributed by atoms with Crippen molar-refractivity contribution in [2.75, 3.05) is 0 Å².